The van der Waals surface area contributed by atoms with Crippen molar-refractivity contribution in [2.45, 2.75) is 26.9 Å². The number of alkyl halides is 3. The molecule has 0 saturated heterocycles. The number of amides is 1. The smallest absolute Gasteiger partial charge is 0.465 e. The first-order valence-electron chi connectivity index (χ1n) is 5.34. The molecule has 0 aromatic carbocycles. The molecule has 0 aromatic rings. The van der Waals surface area contributed by atoms with Gasteiger partial charge in [-0.3, -0.25) is 9.59 Å². The Labute approximate surface area is 103 Å². The summed E-state index contributed by atoms with van der Waals surface area (Å²) in [6.45, 7) is 8.21. The number of esters is 1. The maximum atomic E-state index is 12.1. The van der Waals surface area contributed by atoms with Crippen molar-refractivity contribution in [1.29, 1.82) is 0 Å². The van der Waals surface area contributed by atoms with E-state index in [-0.39, 0.29) is 18.2 Å². The highest BCUT2D eigenvalue weighted by Crippen LogP contribution is 2.21. The SMILES string of the molecule is C=C(NC(=O)C(F)(F)F)C(C(=O)OCC)C(C)C. The summed E-state index contributed by atoms with van der Waals surface area (Å²) in [4.78, 5) is 22.3. The molecule has 1 atom stereocenters. The molecule has 0 aliphatic rings. The summed E-state index contributed by atoms with van der Waals surface area (Å²) in [5, 5.41) is 1.58. The monoisotopic (exact) mass is 267 g/mol. The molecular weight excluding hydrogens is 251 g/mol. The van der Waals surface area contributed by atoms with Crippen LogP contribution < -0.4 is 5.32 Å². The van der Waals surface area contributed by atoms with E-state index in [0.29, 0.717) is 0 Å². The highest BCUT2D eigenvalue weighted by atomic mass is 19.4. The second kappa shape index (κ2) is 6.42. The van der Waals surface area contributed by atoms with E-state index in [0.717, 1.165) is 0 Å². The predicted octanol–water partition coefficient (Wildman–Crippen LogP) is 2.01. The first-order valence-corrected chi connectivity index (χ1v) is 5.34. The maximum absolute atomic E-state index is 12.1. The van der Waals surface area contributed by atoms with Crippen LogP contribution in [-0.4, -0.2) is 24.7 Å². The van der Waals surface area contributed by atoms with E-state index in [1.165, 1.54) is 0 Å². The molecule has 0 radical (unpaired) electrons. The molecule has 0 bridgehead atoms. The van der Waals surface area contributed by atoms with Gasteiger partial charge < -0.3 is 10.1 Å². The maximum Gasteiger partial charge on any atom is 0.471 e. The fourth-order valence-corrected chi connectivity index (χ4v) is 1.34. The first kappa shape index (κ1) is 16.5. The fraction of sp³-hybridized carbons (Fsp3) is 0.636. The molecule has 0 aromatic heterocycles. The van der Waals surface area contributed by atoms with Gasteiger partial charge in [0.05, 0.1) is 12.5 Å². The van der Waals surface area contributed by atoms with Gasteiger partial charge in [-0.05, 0) is 12.8 Å². The van der Waals surface area contributed by atoms with Crippen molar-refractivity contribution < 1.29 is 27.5 Å². The Kier molecular flexibility index (Phi) is 5.87. The largest absolute Gasteiger partial charge is 0.471 e. The van der Waals surface area contributed by atoms with Crippen LogP contribution in [-0.2, 0) is 14.3 Å². The van der Waals surface area contributed by atoms with E-state index < -0.39 is 24.0 Å². The quantitative estimate of drug-likeness (QED) is 0.775. The number of hydrogen-bond acceptors (Lipinski definition) is 3. The molecular formula is C11H16F3NO3. The van der Waals surface area contributed by atoms with Crippen LogP contribution in [0.15, 0.2) is 12.3 Å². The molecule has 0 heterocycles. The van der Waals surface area contributed by atoms with Crippen molar-refractivity contribution in [3.63, 3.8) is 0 Å². The van der Waals surface area contributed by atoms with Crippen LogP contribution in [0.4, 0.5) is 13.2 Å². The molecule has 7 heteroatoms. The second-order valence-electron chi connectivity index (χ2n) is 3.95. The lowest BCUT2D eigenvalue weighted by atomic mass is 9.93. The number of nitrogens with one attached hydrogen (secondary N) is 1. The Balaban J connectivity index is 4.80. The van der Waals surface area contributed by atoms with Gasteiger partial charge in [0.25, 0.3) is 0 Å². The van der Waals surface area contributed by atoms with Crippen molar-refractivity contribution in [3.8, 4) is 0 Å². The van der Waals surface area contributed by atoms with Gasteiger partial charge in [0, 0.05) is 5.70 Å². The zero-order valence-corrected chi connectivity index (χ0v) is 10.4. The minimum atomic E-state index is -5.01. The number of carbonyl (C=O) groups is 2. The van der Waals surface area contributed by atoms with E-state index in [1.54, 1.807) is 26.1 Å². The lowest BCUT2D eigenvalue weighted by Gasteiger charge is -2.22. The molecule has 0 rings (SSSR count). The number of ether oxygens (including phenoxy) is 1. The molecule has 104 valence electrons. The Morgan fingerprint density at radius 2 is 1.83 bits per heavy atom. The topological polar surface area (TPSA) is 55.4 Å². The van der Waals surface area contributed by atoms with Crippen molar-refractivity contribution in [1.82, 2.24) is 5.32 Å². The molecule has 1 unspecified atom stereocenters. The Bertz CT molecular complexity index is 337. The van der Waals surface area contributed by atoms with Gasteiger partial charge in [-0.2, -0.15) is 13.2 Å². The predicted molar refractivity (Wildman–Crippen MR) is 58.3 cm³/mol. The van der Waals surface area contributed by atoms with E-state index >= 15 is 0 Å². The number of carbonyl (C=O) groups excluding carboxylic acids is 2. The van der Waals surface area contributed by atoms with Crippen LogP contribution in [0.5, 0.6) is 0 Å². The van der Waals surface area contributed by atoms with Crippen molar-refractivity contribution in [3.05, 3.63) is 12.3 Å². The molecule has 0 aliphatic carbocycles. The lowest BCUT2D eigenvalue weighted by molar-refractivity contribution is -0.173. The van der Waals surface area contributed by atoms with Gasteiger partial charge in [0.2, 0.25) is 0 Å². The van der Waals surface area contributed by atoms with Crippen LogP contribution in [0.2, 0.25) is 0 Å². The zero-order valence-electron chi connectivity index (χ0n) is 10.4. The summed E-state index contributed by atoms with van der Waals surface area (Å²) >= 11 is 0. The van der Waals surface area contributed by atoms with E-state index in [9.17, 15) is 22.8 Å². The third-order valence-corrected chi connectivity index (χ3v) is 2.11. The van der Waals surface area contributed by atoms with Gasteiger partial charge in [-0.1, -0.05) is 20.4 Å². The zero-order chi connectivity index (χ0) is 14.5. The molecule has 0 saturated carbocycles. The summed E-state index contributed by atoms with van der Waals surface area (Å²) < 4.78 is 40.9. The first-order chi connectivity index (χ1) is 8.11. The number of halogens is 3. The van der Waals surface area contributed by atoms with Crippen LogP contribution in [0.3, 0.4) is 0 Å². The second-order valence-corrected chi connectivity index (χ2v) is 3.95. The normalized spacial score (nSPS) is 13.1. The summed E-state index contributed by atoms with van der Waals surface area (Å²) in [5.74, 6) is -4.20. The summed E-state index contributed by atoms with van der Waals surface area (Å²) in [7, 11) is 0. The van der Waals surface area contributed by atoms with Crippen LogP contribution >= 0.6 is 0 Å². The highest BCUT2D eigenvalue weighted by Gasteiger charge is 2.40. The van der Waals surface area contributed by atoms with Gasteiger partial charge in [0.1, 0.15) is 0 Å². The van der Waals surface area contributed by atoms with Crippen molar-refractivity contribution in [2.75, 3.05) is 6.61 Å². The van der Waals surface area contributed by atoms with Crippen LogP contribution in [0, 0.1) is 11.8 Å². The third-order valence-electron chi connectivity index (χ3n) is 2.11. The van der Waals surface area contributed by atoms with Crippen molar-refractivity contribution in [2.24, 2.45) is 11.8 Å². The molecule has 1 N–H and O–H groups in total. The molecule has 4 nitrogen and oxygen atoms in total. The summed E-state index contributed by atoms with van der Waals surface area (Å²) in [5.41, 5.74) is -0.314. The highest BCUT2D eigenvalue weighted by molar-refractivity contribution is 5.85. The van der Waals surface area contributed by atoms with Crippen molar-refractivity contribution >= 4 is 11.9 Å². The molecule has 0 spiro atoms. The van der Waals surface area contributed by atoms with Gasteiger partial charge in [-0.15, -0.1) is 0 Å². The Morgan fingerprint density at radius 1 is 1.33 bits per heavy atom. The van der Waals surface area contributed by atoms with E-state index in [4.69, 9.17) is 4.74 Å². The fourth-order valence-electron chi connectivity index (χ4n) is 1.34. The summed E-state index contributed by atoms with van der Waals surface area (Å²) in [6.07, 6.45) is -5.01. The standard InChI is InChI=1S/C11H16F3NO3/c1-5-18-9(16)8(6(2)3)7(4)15-10(17)11(12,13)14/h6,8H,4-5H2,1-3H3,(H,15,17). The average molecular weight is 267 g/mol. The Morgan fingerprint density at radius 3 is 2.17 bits per heavy atom. The van der Waals surface area contributed by atoms with Crippen LogP contribution in [0.1, 0.15) is 20.8 Å². The summed E-state index contributed by atoms with van der Waals surface area (Å²) in [6, 6.07) is 0. The van der Waals surface area contributed by atoms with Gasteiger partial charge in [-0.25, -0.2) is 0 Å². The minimum absolute atomic E-state index is 0.0998. The minimum Gasteiger partial charge on any atom is -0.465 e. The van der Waals surface area contributed by atoms with Gasteiger partial charge >= 0.3 is 18.1 Å². The van der Waals surface area contributed by atoms with Crippen LogP contribution in [0.25, 0.3) is 0 Å². The Hall–Kier alpha value is -1.53. The van der Waals surface area contributed by atoms with E-state index in [1.807, 2.05) is 0 Å². The molecule has 0 fully saturated rings. The third kappa shape index (κ3) is 4.77. The molecule has 18 heavy (non-hydrogen) atoms. The average Bonchev–Trinajstić information content (AvgIpc) is 2.15. The molecule has 1 amide bonds. The van der Waals surface area contributed by atoms with Gasteiger partial charge in [0.15, 0.2) is 0 Å². The van der Waals surface area contributed by atoms with E-state index in [2.05, 4.69) is 6.58 Å². The lowest BCUT2D eigenvalue weighted by Crippen LogP contribution is -2.40. The number of hydrogen-bond donors (Lipinski definition) is 1. The number of rotatable bonds is 5. The molecule has 0 aliphatic heterocycles.